The van der Waals surface area contributed by atoms with Crippen LogP contribution in [0.3, 0.4) is 0 Å². The zero-order valence-corrected chi connectivity index (χ0v) is 12.2. The largest absolute Gasteiger partial charge is 0.478 e. The van der Waals surface area contributed by atoms with Crippen LogP contribution in [-0.2, 0) is 7.05 Å². The van der Waals surface area contributed by atoms with Gasteiger partial charge >= 0.3 is 5.97 Å². The molecule has 0 bridgehead atoms. The van der Waals surface area contributed by atoms with Crippen LogP contribution in [0.4, 0.5) is 8.78 Å². The number of nitrogens with zero attached hydrogens (tertiary/aromatic N) is 4. The minimum Gasteiger partial charge on any atom is -0.478 e. The van der Waals surface area contributed by atoms with Crippen LogP contribution in [0.5, 0.6) is 0 Å². The second-order valence-corrected chi connectivity index (χ2v) is 5.22. The molecule has 0 unspecified atom stereocenters. The SMILES string of the molecule is Cn1nc(-c2cnc3[nH]cc(C(=O)O)c3n2)c2cc(F)c(F)cc21. The molecule has 4 aromatic rings. The summed E-state index contributed by atoms with van der Waals surface area (Å²) in [6.45, 7) is 0. The quantitative estimate of drug-likeness (QED) is 0.589. The Bertz CT molecular complexity index is 1130. The molecule has 0 aliphatic rings. The second kappa shape index (κ2) is 4.82. The molecule has 24 heavy (non-hydrogen) atoms. The van der Waals surface area contributed by atoms with Crippen LogP contribution in [0.15, 0.2) is 24.5 Å². The average molecular weight is 329 g/mol. The van der Waals surface area contributed by atoms with Crippen molar-refractivity contribution in [3.8, 4) is 11.4 Å². The van der Waals surface area contributed by atoms with Crippen LogP contribution < -0.4 is 0 Å². The van der Waals surface area contributed by atoms with E-state index in [1.54, 1.807) is 7.05 Å². The maximum atomic E-state index is 13.6. The third-order valence-corrected chi connectivity index (χ3v) is 3.75. The summed E-state index contributed by atoms with van der Waals surface area (Å²) in [4.78, 5) is 22.3. The maximum absolute atomic E-state index is 13.6. The van der Waals surface area contributed by atoms with Crippen LogP contribution in [0.25, 0.3) is 33.5 Å². The Hall–Kier alpha value is -3.36. The molecular weight excluding hydrogens is 320 g/mol. The Morgan fingerprint density at radius 1 is 1.29 bits per heavy atom. The molecule has 9 heteroatoms. The fourth-order valence-corrected chi connectivity index (χ4v) is 2.61. The van der Waals surface area contributed by atoms with Gasteiger partial charge in [0.05, 0.1) is 11.7 Å². The molecule has 4 rings (SSSR count). The highest BCUT2D eigenvalue weighted by molar-refractivity contribution is 6.01. The van der Waals surface area contributed by atoms with E-state index in [2.05, 4.69) is 20.1 Å². The van der Waals surface area contributed by atoms with Gasteiger partial charge in [0.15, 0.2) is 17.3 Å². The van der Waals surface area contributed by atoms with Gasteiger partial charge in [0.2, 0.25) is 0 Å². The van der Waals surface area contributed by atoms with Gasteiger partial charge in [-0.1, -0.05) is 0 Å². The van der Waals surface area contributed by atoms with Crippen LogP contribution >= 0.6 is 0 Å². The van der Waals surface area contributed by atoms with E-state index in [0.29, 0.717) is 22.2 Å². The van der Waals surface area contributed by atoms with Crippen molar-refractivity contribution in [2.45, 2.75) is 0 Å². The molecule has 3 aromatic heterocycles. The molecule has 0 aliphatic carbocycles. The van der Waals surface area contributed by atoms with Gasteiger partial charge in [-0.3, -0.25) is 4.68 Å². The molecule has 2 N–H and O–H groups in total. The lowest BCUT2D eigenvalue weighted by molar-refractivity contribution is 0.0699. The molecule has 1 aromatic carbocycles. The van der Waals surface area contributed by atoms with Gasteiger partial charge in [0.1, 0.15) is 22.5 Å². The minimum atomic E-state index is -1.15. The van der Waals surface area contributed by atoms with E-state index in [4.69, 9.17) is 0 Å². The molecule has 0 aliphatic heterocycles. The van der Waals surface area contributed by atoms with Crippen LogP contribution in [0.1, 0.15) is 10.4 Å². The van der Waals surface area contributed by atoms with E-state index in [1.807, 2.05) is 0 Å². The van der Waals surface area contributed by atoms with Crippen LogP contribution in [0, 0.1) is 11.6 Å². The first-order chi connectivity index (χ1) is 11.5. The number of nitrogens with one attached hydrogen (secondary N) is 1. The van der Waals surface area contributed by atoms with Crippen molar-refractivity contribution in [1.82, 2.24) is 24.7 Å². The number of hydrogen-bond donors (Lipinski definition) is 2. The average Bonchev–Trinajstić information content (AvgIpc) is 3.10. The van der Waals surface area contributed by atoms with Crippen molar-refractivity contribution in [3.63, 3.8) is 0 Å². The van der Waals surface area contributed by atoms with E-state index in [-0.39, 0.29) is 16.8 Å². The summed E-state index contributed by atoms with van der Waals surface area (Å²) >= 11 is 0. The number of halogens is 2. The molecule has 0 saturated heterocycles. The van der Waals surface area contributed by atoms with Crippen molar-refractivity contribution in [2.75, 3.05) is 0 Å². The molecule has 0 amide bonds. The number of carboxylic acids is 1. The summed E-state index contributed by atoms with van der Waals surface area (Å²) < 4.78 is 28.4. The zero-order valence-electron chi connectivity index (χ0n) is 12.2. The number of H-pyrrole nitrogens is 1. The smallest absolute Gasteiger partial charge is 0.339 e. The van der Waals surface area contributed by atoms with Gasteiger partial charge in [-0.05, 0) is 6.07 Å². The molecule has 0 saturated carbocycles. The number of benzene rings is 1. The van der Waals surface area contributed by atoms with Crippen molar-refractivity contribution in [2.24, 2.45) is 7.05 Å². The van der Waals surface area contributed by atoms with E-state index in [9.17, 15) is 18.7 Å². The van der Waals surface area contributed by atoms with Crippen molar-refractivity contribution in [1.29, 1.82) is 0 Å². The molecule has 120 valence electrons. The Balaban J connectivity index is 2.00. The van der Waals surface area contributed by atoms with Gasteiger partial charge in [-0.15, -0.1) is 0 Å². The minimum absolute atomic E-state index is 0.0307. The highest BCUT2D eigenvalue weighted by atomic mass is 19.2. The lowest BCUT2D eigenvalue weighted by atomic mass is 10.1. The topological polar surface area (TPSA) is 96.7 Å². The molecule has 0 fully saturated rings. The Kier molecular flexibility index (Phi) is 2.86. The number of aromatic nitrogens is 5. The van der Waals surface area contributed by atoms with Crippen molar-refractivity contribution < 1.29 is 18.7 Å². The molecule has 7 nitrogen and oxygen atoms in total. The number of rotatable bonds is 2. The summed E-state index contributed by atoms with van der Waals surface area (Å²) in [7, 11) is 1.59. The predicted octanol–water partition coefficient (Wildman–Crippen LogP) is 2.49. The standard InChI is InChI=1S/C15H9F2N5O2/c1-22-11-3-9(17)8(16)2-6(11)12(21-22)10-5-19-14-13(20-10)7(4-18-14)15(23)24/h2-5H,1H3,(H,18,19)(H,23,24). The van der Waals surface area contributed by atoms with Gasteiger partial charge in [0.25, 0.3) is 0 Å². The summed E-state index contributed by atoms with van der Waals surface area (Å²) in [6.07, 6.45) is 2.69. The molecular formula is C15H9F2N5O2. The fourth-order valence-electron chi connectivity index (χ4n) is 2.61. The van der Waals surface area contributed by atoms with E-state index >= 15 is 0 Å². The number of aromatic carboxylic acids is 1. The summed E-state index contributed by atoms with van der Waals surface area (Å²) in [5.74, 6) is -3.12. The number of carbonyl (C=O) groups is 1. The highest BCUT2D eigenvalue weighted by Gasteiger charge is 2.18. The number of fused-ring (bicyclic) bond motifs is 2. The normalized spacial score (nSPS) is 11.5. The Labute approximate surface area is 132 Å². The third kappa shape index (κ3) is 1.94. The highest BCUT2D eigenvalue weighted by Crippen LogP contribution is 2.29. The molecule has 0 radical (unpaired) electrons. The first-order valence-corrected chi connectivity index (χ1v) is 6.85. The van der Waals surface area contributed by atoms with Gasteiger partial charge in [-0.2, -0.15) is 5.10 Å². The van der Waals surface area contributed by atoms with Crippen molar-refractivity contribution >= 4 is 28.0 Å². The number of aromatic amines is 1. The maximum Gasteiger partial charge on any atom is 0.339 e. The Morgan fingerprint density at radius 3 is 2.79 bits per heavy atom. The van der Waals surface area contributed by atoms with Gasteiger partial charge in [0, 0.05) is 24.7 Å². The zero-order chi connectivity index (χ0) is 17.0. The first kappa shape index (κ1) is 14.2. The number of aryl methyl sites for hydroxylation is 1. The third-order valence-electron chi connectivity index (χ3n) is 3.75. The monoisotopic (exact) mass is 329 g/mol. The molecule has 0 spiro atoms. The Morgan fingerprint density at radius 2 is 2.04 bits per heavy atom. The van der Waals surface area contributed by atoms with E-state index in [1.165, 1.54) is 17.1 Å². The fraction of sp³-hybridized carbons (Fsp3) is 0.0667. The first-order valence-electron chi connectivity index (χ1n) is 6.85. The number of hydrogen-bond acceptors (Lipinski definition) is 4. The lowest BCUT2D eigenvalue weighted by Gasteiger charge is -1.99. The molecule has 3 heterocycles. The summed E-state index contributed by atoms with van der Waals surface area (Å²) in [5.41, 5.74) is 1.39. The predicted molar refractivity (Wildman–Crippen MR) is 80.5 cm³/mol. The van der Waals surface area contributed by atoms with Gasteiger partial charge < -0.3 is 10.1 Å². The van der Waals surface area contributed by atoms with E-state index < -0.39 is 17.6 Å². The van der Waals surface area contributed by atoms with Crippen LogP contribution in [-0.4, -0.2) is 35.8 Å². The summed E-state index contributed by atoms with van der Waals surface area (Å²) in [5, 5.41) is 13.8. The van der Waals surface area contributed by atoms with E-state index in [0.717, 1.165) is 12.1 Å². The summed E-state index contributed by atoms with van der Waals surface area (Å²) in [6, 6.07) is 2.08. The van der Waals surface area contributed by atoms with Gasteiger partial charge in [-0.25, -0.2) is 23.5 Å². The van der Waals surface area contributed by atoms with Crippen molar-refractivity contribution in [3.05, 3.63) is 41.7 Å². The number of carboxylic acid groups (broad SMARTS) is 1. The molecule has 0 atom stereocenters. The lowest BCUT2D eigenvalue weighted by Crippen LogP contribution is -1.97. The van der Waals surface area contributed by atoms with Crippen LogP contribution in [0.2, 0.25) is 0 Å². The second-order valence-electron chi connectivity index (χ2n) is 5.22.